The Bertz CT molecular complexity index is 665. The topological polar surface area (TPSA) is 70.5 Å². The van der Waals surface area contributed by atoms with E-state index in [1.165, 1.54) is 0 Å². The molecule has 1 aromatic heterocycles. The number of carbonyl (C=O) groups excluding carboxylic acids is 1. The van der Waals surface area contributed by atoms with Gasteiger partial charge in [0.2, 0.25) is 5.01 Å². The zero-order chi connectivity index (χ0) is 13.4. The average Bonchev–Trinajstić information content (AvgIpc) is 2.97. The van der Waals surface area contributed by atoms with E-state index in [1.54, 1.807) is 16.3 Å². The number of aromatic carboxylic acids is 1. The third-order valence-corrected chi connectivity index (χ3v) is 3.86. The molecule has 3 rings (SSSR count). The van der Waals surface area contributed by atoms with Gasteiger partial charge in [0.15, 0.2) is 0 Å². The van der Waals surface area contributed by atoms with E-state index in [-0.39, 0.29) is 10.9 Å². The molecule has 0 atom stereocenters. The Morgan fingerprint density at radius 2 is 2.21 bits per heavy atom. The van der Waals surface area contributed by atoms with E-state index in [4.69, 9.17) is 5.11 Å². The van der Waals surface area contributed by atoms with Gasteiger partial charge in [0, 0.05) is 17.5 Å². The summed E-state index contributed by atoms with van der Waals surface area (Å²) in [5.74, 6) is -1.06. The van der Waals surface area contributed by atoms with E-state index in [9.17, 15) is 9.59 Å². The van der Waals surface area contributed by atoms with Crippen molar-refractivity contribution in [3.05, 3.63) is 51.5 Å². The van der Waals surface area contributed by atoms with Crippen LogP contribution in [-0.4, -0.2) is 26.9 Å². The number of carboxylic acid groups (broad SMARTS) is 1. The summed E-state index contributed by atoms with van der Waals surface area (Å²) in [6.07, 6.45) is 0. The fourth-order valence-corrected chi connectivity index (χ4v) is 2.76. The second-order valence-electron chi connectivity index (χ2n) is 4.27. The van der Waals surface area contributed by atoms with Crippen LogP contribution >= 0.6 is 11.3 Å². The number of fused-ring (bicyclic) bond motifs is 1. The highest BCUT2D eigenvalue weighted by molar-refractivity contribution is 7.11. The Balaban J connectivity index is 1.79. The summed E-state index contributed by atoms with van der Waals surface area (Å²) in [4.78, 5) is 28.6. The van der Waals surface area contributed by atoms with Gasteiger partial charge in [0.1, 0.15) is 0 Å². The van der Waals surface area contributed by atoms with Gasteiger partial charge < -0.3 is 10.0 Å². The molecule has 1 amide bonds. The van der Waals surface area contributed by atoms with Crippen molar-refractivity contribution in [3.63, 3.8) is 0 Å². The highest BCUT2D eigenvalue weighted by Crippen LogP contribution is 2.24. The number of aromatic nitrogens is 1. The zero-order valence-corrected chi connectivity index (χ0v) is 10.7. The van der Waals surface area contributed by atoms with Gasteiger partial charge in [-0.05, 0) is 11.6 Å². The van der Waals surface area contributed by atoms with Gasteiger partial charge in [0.25, 0.3) is 5.91 Å². The molecule has 1 aliphatic heterocycles. The molecule has 0 spiro atoms. The Morgan fingerprint density at radius 3 is 2.89 bits per heavy atom. The van der Waals surface area contributed by atoms with Gasteiger partial charge in [-0.1, -0.05) is 18.2 Å². The number of thiazole rings is 1. The fourth-order valence-electron chi connectivity index (χ4n) is 2.12. The SMILES string of the molecule is O=C(O)c1nc(CN2Cc3ccccc3C2=O)cs1. The fraction of sp³-hybridized carbons (Fsp3) is 0.154. The van der Waals surface area contributed by atoms with Crippen LogP contribution in [-0.2, 0) is 13.1 Å². The summed E-state index contributed by atoms with van der Waals surface area (Å²) < 4.78 is 0. The molecule has 96 valence electrons. The summed E-state index contributed by atoms with van der Waals surface area (Å²) in [7, 11) is 0. The standard InChI is InChI=1S/C13H10N2O3S/c16-12-10-4-2-1-3-8(10)5-15(12)6-9-7-19-11(14-9)13(17)18/h1-4,7H,5-6H2,(H,17,18). The predicted molar refractivity (Wildman–Crippen MR) is 69.1 cm³/mol. The van der Waals surface area contributed by atoms with Crippen LogP contribution in [0.4, 0.5) is 0 Å². The molecule has 2 heterocycles. The predicted octanol–water partition coefficient (Wildman–Crippen LogP) is 2.00. The third-order valence-electron chi connectivity index (χ3n) is 2.98. The molecule has 0 bridgehead atoms. The first kappa shape index (κ1) is 11.9. The Labute approximate surface area is 113 Å². The van der Waals surface area contributed by atoms with Crippen molar-refractivity contribution < 1.29 is 14.7 Å². The number of rotatable bonds is 3. The van der Waals surface area contributed by atoms with Crippen molar-refractivity contribution in [2.24, 2.45) is 0 Å². The number of nitrogens with zero attached hydrogens (tertiary/aromatic N) is 2. The van der Waals surface area contributed by atoms with Crippen LogP contribution in [0.2, 0.25) is 0 Å². The van der Waals surface area contributed by atoms with E-state index in [0.29, 0.717) is 18.8 Å². The highest BCUT2D eigenvalue weighted by Gasteiger charge is 2.27. The van der Waals surface area contributed by atoms with Crippen molar-refractivity contribution in [2.45, 2.75) is 13.1 Å². The Hall–Kier alpha value is -2.21. The summed E-state index contributed by atoms with van der Waals surface area (Å²) in [5.41, 5.74) is 2.33. The van der Waals surface area contributed by atoms with Gasteiger partial charge in [0.05, 0.1) is 12.2 Å². The monoisotopic (exact) mass is 274 g/mol. The minimum absolute atomic E-state index is 0.0273. The molecule has 0 saturated carbocycles. The molecule has 5 nitrogen and oxygen atoms in total. The molecule has 19 heavy (non-hydrogen) atoms. The highest BCUT2D eigenvalue weighted by atomic mass is 32.1. The molecule has 0 saturated heterocycles. The second-order valence-corrected chi connectivity index (χ2v) is 5.13. The minimum atomic E-state index is -1.03. The van der Waals surface area contributed by atoms with Gasteiger partial charge in [-0.15, -0.1) is 11.3 Å². The van der Waals surface area contributed by atoms with E-state index < -0.39 is 5.97 Å². The lowest BCUT2D eigenvalue weighted by molar-refractivity contribution is 0.0696. The van der Waals surface area contributed by atoms with Crippen LogP contribution in [0.15, 0.2) is 29.6 Å². The van der Waals surface area contributed by atoms with Crippen molar-refractivity contribution in [2.75, 3.05) is 0 Å². The van der Waals surface area contributed by atoms with Crippen LogP contribution < -0.4 is 0 Å². The summed E-state index contributed by atoms with van der Waals surface area (Å²) in [6.45, 7) is 0.895. The van der Waals surface area contributed by atoms with Gasteiger partial charge in [-0.25, -0.2) is 9.78 Å². The first-order valence-corrected chi connectivity index (χ1v) is 6.58. The molecule has 6 heteroatoms. The zero-order valence-electron chi connectivity index (χ0n) is 9.87. The van der Waals surface area contributed by atoms with Gasteiger partial charge in [-0.3, -0.25) is 4.79 Å². The maximum absolute atomic E-state index is 12.1. The van der Waals surface area contributed by atoms with Crippen LogP contribution in [0.25, 0.3) is 0 Å². The summed E-state index contributed by atoms with van der Waals surface area (Å²) >= 11 is 1.08. The molecular weight excluding hydrogens is 264 g/mol. The van der Waals surface area contributed by atoms with Crippen LogP contribution in [0.1, 0.15) is 31.4 Å². The van der Waals surface area contributed by atoms with Crippen LogP contribution in [0, 0.1) is 0 Å². The lowest BCUT2D eigenvalue weighted by Crippen LogP contribution is -2.23. The smallest absolute Gasteiger partial charge is 0.365 e. The van der Waals surface area contributed by atoms with Crippen LogP contribution in [0.3, 0.4) is 0 Å². The summed E-state index contributed by atoms with van der Waals surface area (Å²) in [5, 5.41) is 10.6. The molecule has 2 aromatic rings. The normalized spacial score (nSPS) is 13.7. The minimum Gasteiger partial charge on any atom is -0.476 e. The Kier molecular flexibility index (Phi) is 2.79. The molecule has 0 aliphatic carbocycles. The lowest BCUT2D eigenvalue weighted by atomic mass is 10.1. The number of amides is 1. The molecule has 1 aliphatic rings. The van der Waals surface area contributed by atoms with E-state index >= 15 is 0 Å². The van der Waals surface area contributed by atoms with Gasteiger partial charge >= 0.3 is 5.97 Å². The maximum atomic E-state index is 12.1. The quantitative estimate of drug-likeness (QED) is 0.929. The van der Waals surface area contributed by atoms with Gasteiger partial charge in [-0.2, -0.15) is 0 Å². The average molecular weight is 274 g/mol. The molecular formula is C13H10N2O3S. The number of carbonyl (C=O) groups is 2. The first-order valence-electron chi connectivity index (χ1n) is 5.70. The largest absolute Gasteiger partial charge is 0.476 e. The summed E-state index contributed by atoms with van der Waals surface area (Å²) in [6, 6.07) is 7.48. The lowest BCUT2D eigenvalue weighted by Gasteiger charge is -2.13. The molecule has 1 N–H and O–H groups in total. The van der Waals surface area contributed by atoms with E-state index in [2.05, 4.69) is 4.98 Å². The van der Waals surface area contributed by atoms with Crippen molar-refractivity contribution in [1.82, 2.24) is 9.88 Å². The number of carboxylic acids is 1. The Morgan fingerprint density at radius 1 is 1.42 bits per heavy atom. The van der Waals surface area contributed by atoms with E-state index in [0.717, 1.165) is 22.5 Å². The molecule has 1 aromatic carbocycles. The van der Waals surface area contributed by atoms with Crippen molar-refractivity contribution in [3.8, 4) is 0 Å². The number of hydrogen-bond acceptors (Lipinski definition) is 4. The second kappa shape index (κ2) is 4.47. The van der Waals surface area contributed by atoms with E-state index in [1.807, 2.05) is 18.2 Å². The van der Waals surface area contributed by atoms with Crippen molar-refractivity contribution >= 4 is 23.2 Å². The maximum Gasteiger partial charge on any atom is 0.365 e. The molecule has 0 unspecified atom stereocenters. The molecule has 0 fully saturated rings. The third kappa shape index (κ3) is 2.10. The van der Waals surface area contributed by atoms with Crippen molar-refractivity contribution in [1.29, 1.82) is 0 Å². The number of hydrogen-bond donors (Lipinski definition) is 1. The van der Waals surface area contributed by atoms with Crippen LogP contribution in [0.5, 0.6) is 0 Å². The first-order chi connectivity index (χ1) is 9.15. The molecule has 0 radical (unpaired) electrons. The number of benzene rings is 1.